The van der Waals surface area contributed by atoms with Gasteiger partial charge in [-0.15, -0.1) is 11.3 Å². The molecular formula is C17H15BrN2O2S. The number of thiophene rings is 1. The van der Waals surface area contributed by atoms with Crippen molar-refractivity contribution in [1.29, 1.82) is 5.26 Å². The van der Waals surface area contributed by atoms with Crippen LogP contribution in [-0.4, -0.2) is 13.0 Å². The van der Waals surface area contributed by atoms with E-state index < -0.39 is 0 Å². The van der Waals surface area contributed by atoms with Crippen LogP contribution >= 0.6 is 27.3 Å². The fourth-order valence-corrected chi connectivity index (χ4v) is 4.53. The first-order valence-electron chi connectivity index (χ1n) is 7.33. The minimum absolute atomic E-state index is 0.219. The molecule has 0 saturated heterocycles. The topological polar surface area (TPSA) is 62.1 Å². The molecule has 0 fully saturated rings. The Morgan fingerprint density at radius 1 is 1.39 bits per heavy atom. The Hall–Kier alpha value is -1.84. The highest BCUT2D eigenvalue weighted by atomic mass is 79.9. The van der Waals surface area contributed by atoms with Crippen LogP contribution in [0.15, 0.2) is 22.7 Å². The highest BCUT2D eigenvalue weighted by Crippen LogP contribution is 2.38. The Balaban J connectivity index is 1.87. The van der Waals surface area contributed by atoms with Crippen molar-refractivity contribution in [2.24, 2.45) is 0 Å². The van der Waals surface area contributed by atoms with Crippen LogP contribution in [0.5, 0.6) is 5.75 Å². The summed E-state index contributed by atoms with van der Waals surface area (Å²) < 4.78 is 5.89. The zero-order valence-corrected chi connectivity index (χ0v) is 15.0. The van der Waals surface area contributed by atoms with Gasteiger partial charge in [0.1, 0.15) is 16.8 Å². The van der Waals surface area contributed by atoms with Gasteiger partial charge in [0, 0.05) is 10.4 Å². The molecule has 1 amide bonds. The zero-order valence-electron chi connectivity index (χ0n) is 12.6. The first kappa shape index (κ1) is 16.0. The molecule has 1 aliphatic rings. The third kappa shape index (κ3) is 3.12. The number of carbonyl (C=O) groups is 1. The van der Waals surface area contributed by atoms with E-state index in [1.165, 1.54) is 16.2 Å². The highest BCUT2D eigenvalue weighted by molar-refractivity contribution is 9.10. The number of amides is 1. The summed E-state index contributed by atoms with van der Waals surface area (Å²) in [6, 6.07) is 7.42. The van der Waals surface area contributed by atoms with Gasteiger partial charge in [0.05, 0.1) is 17.1 Å². The zero-order chi connectivity index (χ0) is 16.4. The lowest BCUT2D eigenvalue weighted by Crippen LogP contribution is -2.12. The van der Waals surface area contributed by atoms with E-state index in [0.29, 0.717) is 21.9 Å². The first-order valence-corrected chi connectivity index (χ1v) is 8.94. The van der Waals surface area contributed by atoms with Gasteiger partial charge in [-0.2, -0.15) is 5.26 Å². The third-order valence-electron chi connectivity index (χ3n) is 3.92. The van der Waals surface area contributed by atoms with Crippen molar-refractivity contribution in [3.63, 3.8) is 0 Å². The number of hydrogen-bond donors (Lipinski definition) is 1. The summed E-state index contributed by atoms with van der Waals surface area (Å²) >= 11 is 4.91. The number of halogens is 1. The monoisotopic (exact) mass is 390 g/mol. The number of nitrogens with zero attached hydrogens (tertiary/aromatic N) is 1. The van der Waals surface area contributed by atoms with Crippen molar-refractivity contribution in [3.05, 3.63) is 44.2 Å². The maximum Gasteiger partial charge on any atom is 0.256 e. The van der Waals surface area contributed by atoms with Gasteiger partial charge in [-0.1, -0.05) is 0 Å². The maximum atomic E-state index is 12.5. The molecule has 1 aliphatic carbocycles. The van der Waals surface area contributed by atoms with E-state index >= 15 is 0 Å². The van der Waals surface area contributed by atoms with Crippen LogP contribution in [-0.2, 0) is 12.8 Å². The molecule has 3 rings (SSSR count). The van der Waals surface area contributed by atoms with Crippen molar-refractivity contribution >= 4 is 38.2 Å². The van der Waals surface area contributed by atoms with Crippen LogP contribution in [0, 0.1) is 11.3 Å². The van der Waals surface area contributed by atoms with E-state index in [1.807, 2.05) is 0 Å². The van der Waals surface area contributed by atoms with Crippen LogP contribution < -0.4 is 10.1 Å². The quantitative estimate of drug-likeness (QED) is 0.837. The molecule has 118 valence electrons. The summed E-state index contributed by atoms with van der Waals surface area (Å²) in [5.74, 6) is 0.453. The maximum absolute atomic E-state index is 12.5. The van der Waals surface area contributed by atoms with Gasteiger partial charge in [-0.25, -0.2) is 0 Å². The SMILES string of the molecule is COc1ccc(C(=O)Nc2sc3c(c2C#N)CCCC3)cc1Br. The second kappa shape index (κ2) is 6.73. The lowest BCUT2D eigenvalue weighted by molar-refractivity contribution is 0.102. The number of rotatable bonds is 3. The molecule has 4 nitrogen and oxygen atoms in total. The molecule has 0 aliphatic heterocycles. The number of fused-ring (bicyclic) bond motifs is 1. The number of nitrogens with one attached hydrogen (secondary N) is 1. The van der Waals surface area contributed by atoms with Gasteiger partial charge < -0.3 is 10.1 Å². The number of carbonyl (C=O) groups excluding carboxylic acids is 1. The van der Waals surface area contributed by atoms with Crippen LogP contribution in [0.25, 0.3) is 0 Å². The van der Waals surface area contributed by atoms with Crippen LogP contribution in [0.3, 0.4) is 0 Å². The van der Waals surface area contributed by atoms with Gasteiger partial charge in [-0.3, -0.25) is 4.79 Å². The molecular weight excluding hydrogens is 376 g/mol. The van der Waals surface area contributed by atoms with Gasteiger partial charge in [0.2, 0.25) is 0 Å². The molecule has 1 aromatic carbocycles. The van der Waals surface area contributed by atoms with Gasteiger partial charge >= 0.3 is 0 Å². The van der Waals surface area contributed by atoms with E-state index in [1.54, 1.807) is 25.3 Å². The predicted molar refractivity (Wildman–Crippen MR) is 94.3 cm³/mol. The van der Waals surface area contributed by atoms with E-state index in [0.717, 1.165) is 35.7 Å². The third-order valence-corrected chi connectivity index (χ3v) is 5.75. The Morgan fingerprint density at radius 2 is 2.17 bits per heavy atom. The fourth-order valence-electron chi connectivity index (χ4n) is 2.76. The molecule has 0 radical (unpaired) electrons. The molecule has 0 spiro atoms. The summed E-state index contributed by atoms with van der Waals surface area (Å²) in [5.41, 5.74) is 2.27. The van der Waals surface area contributed by atoms with Gasteiger partial charge in [-0.05, 0) is 65.4 Å². The second-order valence-electron chi connectivity index (χ2n) is 5.33. The Labute approximate surface area is 147 Å². The molecule has 0 saturated carbocycles. The fraction of sp³-hybridized carbons (Fsp3) is 0.294. The highest BCUT2D eigenvalue weighted by Gasteiger charge is 2.22. The average Bonchev–Trinajstić information content (AvgIpc) is 2.91. The predicted octanol–water partition coefficient (Wildman–Crippen LogP) is 4.52. The molecule has 1 aromatic heterocycles. The normalized spacial score (nSPS) is 13.1. The number of benzene rings is 1. The van der Waals surface area contributed by atoms with Crippen LogP contribution in [0.4, 0.5) is 5.00 Å². The number of anilines is 1. The second-order valence-corrected chi connectivity index (χ2v) is 7.29. The molecule has 1 heterocycles. The number of nitriles is 1. The van der Waals surface area contributed by atoms with E-state index in [-0.39, 0.29) is 5.91 Å². The lowest BCUT2D eigenvalue weighted by atomic mass is 9.96. The number of methoxy groups -OCH3 is 1. The Bertz CT molecular complexity index is 808. The molecule has 23 heavy (non-hydrogen) atoms. The van der Waals surface area contributed by atoms with Crippen molar-refractivity contribution in [1.82, 2.24) is 0 Å². The van der Waals surface area contributed by atoms with E-state index in [4.69, 9.17) is 4.74 Å². The summed E-state index contributed by atoms with van der Waals surface area (Å²) in [5, 5.41) is 13.0. The Morgan fingerprint density at radius 3 is 2.87 bits per heavy atom. The lowest BCUT2D eigenvalue weighted by Gasteiger charge is -2.09. The number of hydrogen-bond acceptors (Lipinski definition) is 4. The van der Waals surface area contributed by atoms with E-state index in [2.05, 4.69) is 27.3 Å². The largest absolute Gasteiger partial charge is 0.496 e. The van der Waals surface area contributed by atoms with Crippen LogP contribution in [0.1, 0.15) is 39.2 Å². The van der Waals surface area contributed by atoms with Gasteiger partial charge in [0.25, 0.3) is 5.91 Å². The van der Waals surface area contributed by atoms with E-state index in [9.17, 15) is 10.1 Å². The minimum atomic E-state index is -0.219. The van der Waals surface area contributed by atoms with Crippen LogP contribution in [0.2, 0.25) is 0 Å². The molecule has 0 atom stereocenters. The molecule has 0 unspecified atom stereocenters. The smallest absolute Gasteiger partial charge is 0.256 e. The molecule has 2 aromatic rings. The van der Waals surface area contributed by atoms with Crippen molar-refractivity contribution in [2.45, 2.75) is 25.7 Å². The average molecular weight is 391 g/mol. The van der Waals surface area contributed by atoms with Crippen molar-refractivity contribution < 1.29 is 9.53 Å². The summed E-state index contributed by atoms with van der Waals surface area (Å²) in [6.07, 6.45) is 4.19. The standard InChI is InChI=1S/C17H15BrN2O2S/c1-22-14-7-6-10(8-13(14)18)16(21)20-17-12(9-19)11-4-2-3-5-15(11)23-17/h6-8H,2-5H2,1H3,(H,20,21). The summed E-state index contributed by atoms with van der Waals surface area (Å²) in [6.45, 7) is 0. The summed E-state index contributed by atoms with van der Waals surface area (Å²) in [4.78, 5) is 13.7. The molecule has 1 N–H and O–H groups in total. The van der Waals surface area contributed by atoms with Crippen molar-refractivity contribution in [2.75, 3.05) is 12.4 Å². The van der Waals surface area contributed by atoms with Crippen molar-refractivity contribution in [3.8, 4) is 11.8 Å². The minimum Gasteiger partial charge on any atom is -0.496 e. The number of ether oxygens (including phenoxy) is 1. The summed E-state index contributed by atoms with van der Waals surface area (Å²) in [7, 11) is 1.58. The molecule has 6 heteroatoms. The molecule has 0 bridgehead atoms. The Kier molecular flexibility index (Phi) is 4.69. The van der Waals surface area contributed by atoms with Gasteiger partial charge in [0.15, 0.2) is 0 Å². The number of aryl methyl sites for hydroxylation is 1. The first-order chi connectivity index (χ1) is 11.1.